The van der Waals surface area contributed by atoms with Crippen molar-refractivity contribution >= 4 is 5.69 Å². The quantitative estimate of drug-likeness (QED) is 0.794. The predicted molar refractivity (Wildman–Crippen MR) is 70.7 cm³/mol. The van der Waals surface area contributed by atoms with Crippen LogP contribution in [0.15, 0.2) is 18.2 Å². The van der Waals surface area contributed by atoms with Crippen molar-refractivity contribution in [2.45, 2.75) is 45.1 Å². The van der Waals surface area contributed by atoms with Crippen molar-refractivity contribution < 1.29 is 4.74 Å². The molecule has 0 radical (unpaired) electrons. The fourth-order valence-corrected chi connectivity index (χ4v) is 3.07. The summed E-state index contributed by atoms with van der Waals surface area (Å²) in [6.45, 7) is 3.09. The van der Waals surface area contributed by atoms with Crippen LogP contribution in [0.1, 0.15) is 37.7 Å². The summed E-state index contributed by atoms with van der Waals surface area (Å²) in [6, 6.07) is 6.41. The molecular weight excluding hydrogens is 210 g/mol. The van der Waals surface area contributed by atoms with E-state index in [-0.39, 0.29) is 0 Å². The van der Waals surface area contributed by atoms with Gasteiger partial charge in [0.05, 0.1) is 12.2 Å². The van der Waals surface area contributed by atoms with Gasteiger partial charge in [-0.25, -0.2) is 0 Å². The van der Waals surface area contributed by atoms with Crippen LogP contribution >= 0.6 is 0 Å². The van der Waals surface area contributed by atoms with Crippen molar-refractivity contribution in [1.29, 1.82) is 0 Å². The summed E-state index contributed by atoms with van der Waals surface area (Å²) >= 11 is 0. The van der Waals surface area contributed by atoms with Gasteiger partial charge in [0.15, 0.2) is 0 Å². The lowest BCUT2D eigenvalue weighted by Gasteiger charge is -2.35. The number of hydrogen-bond acceptors (Lipinski definition) is 2. The van der Waals surface area contributed by atoms with Gasteiger partial charge < -0.3 is 10.1 Å². The first-order chi connectivity index (χ1) is 8.33. The van der Waals surface area contributed by atoms with Gasteiger partial charge in [-0.1, -0.05) is 25.3 Å². The maximum absolute atomic E-state index is 6.16. The Bertz CT molecular complexity index is 396. The van der Waals surface area contributed by atoms with Crippen LogP contribution in [-0.2, 0) is 0 Å². The smallest absolute Gasteiger partial charge is 0.142 e. The Labute approximate surface area is 103 Å². The molecule has 1 aromatic rings. The van der Waals surface area contributed by atoms with E-state index in [1.807, 2.05) is 0 Å². The number of fused-ring (bicyclic) bond motifs is 1. The molecule has 3 rings (SSSR count). The number of rotatable bonds is 1. The van der Waals surface area contributed by atoms with Gasteiger partial charge in [0, 0.05) is 0 Å². The lowest BCUT2D eigenvalue weighted by atomic mass is 9.84. The topological polar surface area (TPSA) is 21.3 Å². The summed E-state index contributed by atoms with van der Waals surface area (Å²) in [4.78, 5) is 0. The SMILES string of the molecule is Cc1ccc2c(c1)NCC(C1CCCCC1)O2. The van der Waals surface area contributed by atoms with E-state index < -0.39 is 0 Å². The van der Waals surface area contributed by atoms with E-state index in [2.05, 4.69) is 30.4 Å². The van der Waals surface area contributed by atoms with Crippen molar-refractivity contribution in [1.82, 2.24) is 0 Å². The predicted octanol–water partition coefficient (Wildman–Crippen LogP) is 3.75. The summed E-state index contributed by atoms with van der Waals surface area (Å²) in [5, 5.41) is 3.53. The van der Waals surface area contributed by atoms with Crippen LogP contribution in [0.25, 0.3) is 0 Å². The molecule has 1 fully saturated rings. The zero-order valence-corrected chi connectivity index (χ0v) is 10.5. The van der Waals surface area contributed by atoms with Gasteiger partial charge in [-0.2, -0.15) is 0 Å². The highest BCUT2D eigenvalue weighted by Gasteiger charge is 2.28. The average molecular weight is 231 g/mol. The minimum Gasteiger partial charge on any atom is -0.486 e. The summed E-state index contributed by atoms with van der Waals surface area (Å²) < 4.78 is 6.16. The van der Waals surface area contributed by atoms with Crippen LogP contribution in [0.3, 0.4) is 0 Å². The third-order valence-electron chi connectivity index (χ3n) is 4.08. The first-order valence-electron chi connectivity index (χ1n) is 6.84. The zero-order valence-electron chi connectivity index (χ0n) is 10.5. The maximum atomic E-state index is 6.16. The number of benzene rings is 1. The van der Waals surface area contributed by atoms with Gasteiger partial charge in [-0.3, -0.25) is 0 Å². The first-order valence-corrected chi connectivity index (χ1v) is 6.84. The molecule has 2 nitrogen and oxygen atoms in total. The Morgan fingerprint density at radius 1 is 1.18 bits per heavy atom. The molecule has 0 bridgehead atoms. The highest BCUT2D eigenvalue weighted by molar-refractivity contribution is 5.59. The normalized spacial score (nSPS) is 24.6. The molecule has 1 saturated carbocycles. The van der Waals surface area contributed by atoms with Crippen LogP contribution in [0.2, 0.25) is 0 Å². The molecule has 92 valence electrons. The fraction of sp³-hybridized carbons (Fsp3) is 0.600. The number of aryl methyl sites for hydroxylation is 1. The van der Waals surface area contributed by atoms with Gasteiger partial charge in [0.1, 0.15) is 11.9 Å². The van der Waals surface area contributed by atoms with Crippen LogP contribution in [0.4, 0.5) is 5.69 Å². The van der Waals surface area contributed by atoms with E-state index in [0.29, 0.717) is 6.10 Å². The van der Waals surface area contributed by atoms with Gasteiger partial charge in [0.2, 0.25) is 0 Å². The van der Waals surface area contributed by atoms with Crippen LogP contribution in [0.5, 0.6) is 5.75 Å². The largest absolute Gasteiger partial charge is 0.486 e. The summed E-state index contributed by atoms with van der Waals surface area (Å²) in [5.41, 5.74) is 2.45. The highest BCUT2D eigenvalue weighted by atomic mass is 16.5. The zero-order chi connectivity index (χ0) is 11.7. The molecule has 17 heavy (non-hydrogen) atoms. The van der Waals surface area contributed by atoms with E-state index in [9.17, 15) is 0 Å². The van der Waals surface area contributed by atoms with Crippen molar-refractivity contribution in [3.63, 3.8) is 0 Å². The Morgan fingerprint density at radius 3 is 2.82 bits per heavy atom. The van der Waals surface area contributed by atoms with E-state index in [1.54, 1.807) is 0 Å². The fourth-order valence-electron chi connectivity index (χ4n) is 3.07. The molecular formula is C15H21NO. The first kappa shape index (κ1) is 10.9. The van der Waals surface area contributed by atoms with Crippen molar-refractivity contribution in [3.05, 3.63) is 23.8 Å². The molecule has 0 spiro atoms. The van der Waals surface area contributed by atoms with E-state index in [4.69, 9.17) is 4.74 Å². The second kappa shape index (κ2) is 4.59. The van der Waals surface area contributed by atoms with Gasteiger partial charge in [-0.15, -0.1) is 0 Å². The van der Waals surface area contributed by atoms with E-state index >= 15 is 0 Å². The summed E-state index contributed by atoms with van der Waals surface area (Å²) in [6.07, 6.45) is 7.23. The van der Waals surface area contributed by atoms with Gasteiger partial charge in [0.25, 0.3) is 0 Å². The molecule has 1 atom stereocenters. The molecule has 1 aliphatic heterocycles. The highest BCUT2D eigenvalue weighted by Crippen LogP contribution is 2.35. The van der Waals surface area contributed by atoms with Crippen LogP contribution in [0, 0.1) is 12.8 Å². The number of nitrogens with one attached hydrogen (secondary N) is 1. The number of hydrogen-bond donors (Lipinski definition) is 1. The Hall–Kier alpha value is -1.18. The van der Waals surface area contributed by atoms with E-state index in [1.165, 1.54) is 37.7 Å². The molecule has 1 aromatic carbocycles. The summed E-state index contributed by atoms with van der Waals surface area (Å²) in [7, 11) is 0. The van der Waals surface area contributed by atoms with Gasteiger partial charge in [-0.05, 0) is 43.4 Å². The molecule has 0 aromatic heterocycles. The van der Waals surface area contributed by atoms with Gasteiger partial charge >= 0.3 is 0 Å². The molecule has 2 heteroatoms. The standard InChI is InChI=1S/C15H21NO/c1-11-7-8-14-13(9-11)16-10-15(17-14)12-5-3-2-4-6-12/h7-9,12,15-16H,2-6,10H2,1H3. The monoisotopic (exact) mass is 231 g/mol. The lowest BCUT2D eigenvalue weighted by Crippen LogP contribution is -2.38. The second-order valence-electron chi connectivity index (χ2n) is 5.43. The molecule has 2 aliphatic rings. The van der Waals surface area contributed by atoms with Crippen LogP contribution in [-0.4, -0.2) is 12.6 Å². The van der Waals surface area contributed by atoms with Crippen LogP contribution < -0.4 is 10.1 Å². The van der Waals surface area contributed by atoms with Crippen molar-refractivity contribution in [3.8, 4) is 5.75 Å². The average Bonchev–Trinajstić information content (AvgIpc) is 2.39. The Balaban J connectivity index is 1.73. The molecule has 1 heterocycles. The minimum atomic E-state index is 0.380. The number of ether oxygens (including phenoxy) is 1. The Kier molecular flexibility index (Phi) is 2.96. The second-order valence-corrected chi connectivity index (χ2v) is 5.43. The molecule has 1 unspecified atom stereocenters. The molecule has 1 N–H and O–H groups in total. The third kappa shape index (κ3) is 2.26. The van der Waals surface area contributed by atoms with Crippen molar-refractivity contribution in [2.75, 3.05) is 11.9 Å². The molecule has 0 saturated heterocycles. The molecule has 1 aliphatic carbocycles. The number of anilines is 1. The maximum Gasteiger partial charge on any atom is 0.142 e. The van der Waals surface area contributed by atoms with E-state index in [0.717, 1.165) is 23.9 Å². The minimum absolute atomic E-state index is 0.380. The Morgan fingerprint density at radius 2 is 2.00 bits per heavy atom. The lowest BCUT2D eigenvalue weighted by molar-refractivity contribution is 0.112. The van der Waals surface area contributed by atoms with Crippen molar-refractivity contribution in [2.24, 2.45) is 5.92 Å². The third-order valence-corrected chi connectivity index (χ3v) is 4.08. The summed E-state index contributed by atoms with van der Waals surface area (Å²) in [5.74, 6) is 1.79. The molecule has 0 amide bonds.